The third-order valence-electron chi connectivity index (χ3n) is 3.74. The molecule has 0 amide bonds. The number of hydrogen-bond donors (Lipinski definition) is 0. The van der Waals surface area contributed by atoms with Gasteiger partial charge in [-0.15, -0.1) is 5.10 Å². The van der Waals surface area contributed by atoms with Gasteiger partial charge < -0.3 is 9.26 Å². The second-order valence-corrected chi connectivity index (χ2v) is 6.90. The van der Waals surface area contributed by atoms with Gasteiger partial charge in [0.2, 0.25) is 16.9 Å². The molecule has 0 unspecified atom stereocenters. The molecule has 0 aliphatic carbocycles. The number of thioether (sulfide) groups is 1. The Bertz CT molecular complexity index is 1080. The van der Waals surface area contributed by atoms with Crippen LogP contribution in [0.1, 0.15) is 12.8 Å². The molecule has 0 saturated carbocycles. The Morgan fingerprint density at radius 1 is 1.14 bits per heavy atom. The molecule has 0 N–H and O–H groups in total. The van der Waals surface area contributed by atoms with Crippen molar-refractivity contribution in [2.24, 2.45) is 0 Å². The zero-order valence-electron chi connectivity index (χ0n) is 14.8. The van der Waals surface area contributed by atoms with Crippen molar-refractivity contribution in [2.75, 3.05) is 6.61 Å². The molecule has 0 saturated heterocycles. The summed E-state index contributed by atoms with van der Waals surface area (Å²) in [5.41, 5.74) is 1.48. The van der Waals surface area contributed by atoms with Gasteiger partial charge in [0.15, 0.2) is 0 Å². The van der Waals surface area contributed by atoms with Crippen molar-refractivity contribution in [3.63, 3.8) is 0 Å². The second-order valence-electron chi connectivity index (χ2n) is 5.55. The van der Waals surface area contributed by atoms with Gasteiger partial charge in [-0.05, 0) is 41.6 Å². The third kappa shape index (κ3) is 3.85. The second kappa shape index (κ2) is 8.41. The normalized spacial score (nSPS) is 10.9. The van der Waals surface area contributed by atoms with Crippen LogP contribution in [0.5, 0.6) is 5.75 Å². The van der Waals surface area contributed by atoms with Gasteiger partial charge in [0.25, 0.3) is 0 Å². The third-order valence-corrected chi connectivity index (χ3v) is 4.98. The number of para-hydroxylation sites is 2. The van der Waals surface area contributed by atoms with E-state index in [1.807, 2.05) is 49.4 Å². The molecule has 0 atom stereocenters. The van der Waals surface area contributed by atoms with E-state index in [9.17, 15) is 0 Å². The Labute approximate surface area is 169 Å². The van der Waals surface area contributed by atoms with Crippen molar-refractivity contribution in [3.8, 4) is 22.8 Å². The molecule has 0 radical (unpaired) electrons. The smallest absolute Gasteiger partial charge is 0.237 e. The summed E-state index contributed by atoms with van der Waals surface area (Å²) in [5, 5.41) is 17.1. The lowest BCUT2D eigenvalue weighted by atomic mass is 10.2. The SMILES string of the molecule is CCOc1ccccc1-n1nnnc1SCc1nc(-c2ccccc2Cl)no1. The van der Waals surface area contributed by atoms with Gasteiger partial charge in [0.1, 0.15) is 11.4 Å². The van der Waals surface area contributed by atoms with Crippen LogP contribution < -0.4 is 4.74 Å². The molecule has 0 fully saturated rings. The van der Waals surface area contributed by atoms with Crippen molar-refractivity contribution in [1.82, 2.24) is 30.3 Å². The van der Waals surface area contributed by atoms with Crippen molar-refractivity contribution in [3.05, 3.63) is 59.4 Å². The van der Waals surface area contributed by atoms with E-state index < -0.39 is 0 Å². The van der Waals surface area contributed by atoms with Gasteiger partial charge in [-0.1, -0.05) is 52.8 Å². The predicted molar refractivity (Wildman–Crippen MR) is 105 cm³/mol. The number of benzene rings is 2. The lowest BCUT2D eigenvalue weighted by Gasteiger charge is -2.10. The van der Waals surface area contributed by atoms with Gasteiger partial charge in [0, 0.05) is 5.56 Å². The molecule has 0 aliphatic rings. The fraction of sp³-hybridized carbons (Fsp3) is 0.167. The summed E-state index contributed by atoms with van der Waals surface area (Å²) in [4.78, 5) is 4.40. The molecular weight excluding hydrogens is 400 g/mol. The average molecular weight is 415 g/mol. The highest BCUT2D eigenvalue weighted by molar-refractivity contribution is 7.98. The Balaban J connectivity index is 1.52. The van der Waals surface area contributed by atoms with Crippen LogP contribution in [0.2, 0.25) is 5.02 Å². The Morgan fingerprint density at radius 3 is 2.82 bits per heavy atom. The molecule has 2 aromatic heterocycles. The number of aromatic nitrogens is 6. The zero-order chi connectivity index (χ0) is 19.3. The fourth-order valence-electron chi connectivity index (χ4n) is 2.52. The van der Waals surface area contributed by atoms with Crippen molar-refractivity contribution >= 4 is 23.4 Å². The number of hydrogen-bond acceptors (Lipinski definition) is 8. The van der Waals surface area contributed by atoms with Crippen LogP contribution in [-0.4, -0.2) is 37.0 Å². The van der Waals surface area contributed by atoms with Crippen molar-refractivity contribution < 1.29 is 9.26 Å². The van der Waals surface area contributed by atoms with Gasteiger partial charge in [-0.2, -0.15) is 9.67 Å². The van der Waals surface area contributed by atoms with E-state index in [0.717, 1.165) is 11.3 Å². The van der Waals surface area contributed by atoms with Crippen LogP contribution in [0, 0.1) is 0 Å². The highest BCUT2D eigenvalue weighted by Gasteiger charge is 2.16. The molecule has 2 aromatic carbocycles. The monoisotopic (exact) mass is 414 g/mol. The molecule has 10 heteroatoms. The largest absolute Gasteiger partial charge is 0.492 e. The van der Waals surface area contributed by atoms with E-state index in [-0.39, 0.29) is 0 Å². The van der Waals surface area contributed by atoms with Crippen LogP contribution in [0.4, 0.5) is 0 Å². The quantitative estimate of drug-likeness (QED) is 0.418. The number of halogens is 1. The lowest BCUT2D eigenvalue weighted by molar-refractivity contribution is 0.337. The Kier molecular flexibility index (Phi) is 5.54. The lowest BCUT2D eigenvalue weighted by Crippen LogP contribution is -2.03. The van der Waals surface area contributed by atoms with Crippen LogP contribution in [0.3, 0.4) is 0 Å². The van der Waals surface area contributed by atoms with Crippen molar-refractivity contribution in [2.45, 2.75) is 17.8 Å². The standard InChI is InChI=1S/C18H15ClN6O2S/c1-2-26-15-10-6-5-9-14(15)25-18(21-23-24-25)28-11-16-20-17(22-27-16)12-7-3-4-8-13(12)19/h3-10H,2,11H2,1H3. The first-order chi connectivity index (χ1) is 13.8. The van der Waals surface area contributed by atoms with Crippen LogP contribution in [0.25, 0.3) is 17.1 Å². The van der Waals surface area contributed by atoms with Crippen LogP contribution in [-0.2, 0) is 5.75 Å². The highest BCUT2D eigenvalue weighted by Crippen LogP contribution is 2.29. The molecule has 142 valence electrons. The Morgan fingerprint density at radius 2 is 1.96 bits per heavy atom. The molecule has 4 rings (SSSR count). The summed E-state index contributed by atoms with van der Waals surface area (Å²) >= 11 is 7.57. The van der Waals surface area contributed by atoms with E-state index in [2.05, 4.69) is 25.7 Å². The molecule has 28 heavy (non-hydrogen) atoms. The first-order valence-electron chi connectivity index (χ1n) is 8.47. The molecule has 0 spiro atoms. The maximum Gasteiger partial charge on any atom is 0.237 e. The zero-order valence-corrected chi connectivity index (χ0v) is 16.4. The minimum atomic E-state index is 0.411. The summed E-state index contributed by atoms with van der Waals surface area (Å²) in [6.45, 7) is 2.48. The molecule has 8 nitrogen and oxygen atoms in total. The predicted octanol–water partition coefficient (Wildman–Crippen LogP) is 4.06. The van der Waals surface area contributed by atoms with Gasteiger partial charge in [0.05, 0.1) is 17.4 Å². The number of rotatable bonds is 7. The van der Waals surface area contributed by atoms with Crippen molar-refractivity contribution in [1.29, 1.82) is 0 Å². The summed E-state index contributed by atoms with van der Waals surface area (Å²) in [5.74, 6) is 2.02. The van der Waals surface area contributed by atoms with Crippen LogP contribution >= 0.6 is 23.4 Å². The summed E-state index contributed by atoms with van der Waals surface area (Å²) in [6, 6.07) is 14.9. The van der Waals surface area contributed by atoms with E-state index in [1.165, 1.54) is 11.8 Å². The van der Waals surface area contributed by atoms with E-state index in [1.54, 1.807) is 10.7 Å². The molecular formula is C18H15ClN6O2S. The minimum Gasteiger partial charge on any atom is -0.492 e. The van der Waals surface area contributed by atoms with E-state index >= 15 is 0 Å². The van der Waals surface area contributed by atoms with Gasteiger partial charge in [-0.3, -0.25) is 0 Å². The Hall–Kier alpha value is -2.91. The summed E-state index contributed by atoms with van der Waals surface area (Å²) in [6.07, 6.45) is 0. The van der Waals surface area contributed by atoms with Gasteiger partial charge in [-0.25, -0.2) is 0 Å². The molecule has 0 bridgehead atoms. The van der Waals surface area contributed by atoms with Gasteiger partial charge >= 0.3 is 0 Å². The van der Waals surface area contributed by atoms with E-state index in [4.69, 9.17) is 20.9 Å². The highest BCUT2D eigenvalue weighted by atomic mass is 35.5. The van der Waals surface area contributed by atoms with E-state index in [0.29, 0.717) is 40.0 Å². The number of nitrogens with zero attached hydrogens (tertiary/aromatic N) is 6. The average Bonchev–Trinajstić information content (AvgIpc) is 3.37. The first-order valence-corrected chi connectivity index (χ1v) is 9.83. The number of ether oxygens (including phenoxy) is 1. The molecule has 0 aliphatic heterocycles. The molecule has 2 heterocycles. The molecule has 4 aromatic rings. The summed E-state index contributed by atoms with van der Waals surface area (Å²) < 4.78 is 12.6. The summed E-state index contributed by atoms with van der Waals surface area (Å²) in [7, 11) is 0. The minimum absolute atomic E-state index is 0.411. The topological polar surface area (TPSA) is 91.8 Å². The first kappa shape index (κ1) is 18.5. The van der Waals surface area contributed by atoms with Crippen LogP contribution in [0.15, 0.2) is 58.2 Å². The maximum absolute atomic E-state index is 6.19. The fourth-order valence-corrected chi connectivity index (χ4v) is 3.46. The number of tetrazole rings is 1. The maximum atomic E-state index is 6.19.